The Kier molecular flexibility index (Phi) is 5.39. The third kappa shape index (κ3) is 4.33. The van der Waals surface area contributed by atoms with Gasteiger partial charge in [-0.1, -0.05) is 13.0 Å². The summed E-state index contributed by atoms with van der Waals surface area (Å²) in [5.74, 6) is 0.565. The number of aryl methyl sites for hydroxylation is 2. The van der Waals surface area contributed by atoms with Crippen LogP contribution in [0, 0.1) is 19.7 Å². The van der Waals surface area contributed by atoms with E-state index >= 15 is 0 Å². The molecule has 1 unspecified atom stereocenters. The van der Waals surface area contributed by atoms with Crippen LogP contribution in [0.15, 0.2) is 30.5 Å². The summed E-state index contributed by atoms with van der Waals surface area (Å²) < 4.78 is 13.5. The van der Waals surface area contributed by atoms with E-state index < -0.39 is 0 Å². The molecule has 0 bridgehead atoms. The van der Waals surface area contributed by atoms with Crippen molar-refractivity contribution in [3.8, 4) is 0 Å². The fourth-order valence-corrected chi connectivity index (χ4v) is 2.35. The Labute approximate surface area is 125 Å². The lowest BCUT2D eigenvalue weighted by Gasteiger charge is -2.19. The molecular weight excluding hydrogens is 265 g/mol. The van der Waals surface area contributed by atoms with Crippen molar-refractivity contribution in [1.82, 2.24) is 15.3 Å². The lowest BCUT2D eigenvalue weighted by molar-refractivity contribution is 0.513. The first kappa shape index (κ1) is 15.6. The summed E-state index contributed by atoms with van der Waals surface area (Å²) in [7, 11) is 0. The Morgan fingerprint density at radius 2 is 2.05 bits per heavy atom. The van der Waals surface area contributed by atoms with E-state index in [0.29, 0.717) is 0 Å². The Morgan fingerprint density at radius 1 is 1.24 bits per heavy atom. The van der Waals surface area contributed by atoms with Crippen LogP contribution in [0.2, 0.25) is 0 Å². The highest BCUT2D eigenvalue weighted by Crippen LogP contribution is 2.20. The van der Waals surface area contributed by atoms with E-state index in [1.165, 1.54) is 6.07 Å². The minimum atomic E-state index is -0.191. The molecule has 0 aliphatic heterocycles. The lowest BCUT2D eigenvalue weighted by Crippen LogP contribution is -2.25. The summed E-state index contributed by atoms with van der Waals surface area (Å²) in [6, 6.07) is 6.94. The molecule has 0 saturated heterocycles. The van der Waals surface area contributed by atoms with E-state index in [2.05, 4.69) is 22.2 Å². The first-order chi connectivity index (χ1) is 10.1. The van der Waals surface area contributed by atoms with E-state index in [1.807, 2.05) is 26.0 Å². The van der Waals surface area contributed by atoms with Crippen LogP contribution >= 0.6 is 0 Å². The minimum absolute atomic E-state index is 0.0761. The van der Waals surface area contributed by atoms with Gasteiger partial charge in [-0.3, -0.25) is 0 Å². The van der Waals surface area contributed by atoms with Gasteiger partial charge >= 0.3 is 0 Å². The average molecular weight is 287 g/mol. The number of nitrogens with one attached hydrogen (secondary N) is 1. The Hall–Kier alpha value is -1.81. The Bertz CT molecular complexity index is 598. The quantitative estimate of drug-likeness (QED) is 0.883. The third-order valence-electron chi connectivity index (χ3n) is 3.53. The highest BCUT2D eigenvalue weighted by molar-refractivity contribution is 5.28. The molecule has 1 heterocycles. The second-order valence-corrected chi connectivity index (χ2v) is 5.31. The molecule has 1 aromatic heterocycles. The topological polar surface area (TPSA) is 37.8 Å². The zero-order chi connectivity index (χ0) is 15.2. The molecule has 21 heavy (non-hydrogen) atoms. The van der Waals surface area contributed by atoms with Gasteiger partial charge in [0.15, 0.2) is 0 Å². The van der Waals surface area contributed by atoms with Gasteiger partial charge in [0.1, 0.15) is 11.6 Å². The molecule has 2 aromatic rings. The number of nitrogens with zero attached hydrogens (tertiary/aromatic N) is 2. The monoisotopic (exact) mass is 287 g/mol. The molecule has 0 radical (unpaired) electrons. The summed E-state index contributed by atoms with van der Waals surface area (Å²) in [6.45, 7) is 6.93. The maximum Gasteiger partial charge on any atom is 0.125 e. The van der Waals surface area contributed by atoms with Crippen LogP contribution in [-0.4, -0.2) is 16.5 Å². The number of aromatic nitrogens is 2. The molecule has 0 aliphatic carbocycles. The van der Waals surface area contributed by atoms with Crippen LogP contribution in [0.25, 0.3) is 0 Å². The van der Waals surface area contributed by atoms with Gasteiger partial charge in [0, 0.05) is 6.20 Å². The minimum Gasteiger partial charge on any atom is -0.308 e. The molecule has 1 aromatic carbocycles. The van der Waals surface area contributed by atoms with Crippen LogP contribution in [0.1, 0.15) is 42.0 Å². The van der Waals surface area contributed by atoms with Crippen LogP contribution in [0.5, 0.6) is 0 Å². The maximum absolute atomic E-state index is 13.5. The maximum atomic E-state index is 13.5. The summed E-state index contributed by atoms with van der Waals surface area (Å²) in [4.78, 5) is 8.65. The van der Waals surface area contributed by atoms with E-state index in [4.69, 9.17) is 0 Å². The van der Waals surface area contributed by atoms with Crippen molar-refractivity contribution in [3.63, 3.8) is 0 Å². The summed E-state index contributed by atoms with van der Waals surface area (Å²) >= 11 is 0. The van der Waals surface area contributed by atoms with Crippen LogP contribution < -0.4 is 5.32 Å². The normalized spacial score (nSPS) is 12.4. The predicted molar refractivity (Wildman–Crippen MR) is 82.6 cm³/mol. The second-order valence-electron chi connectivity index (χ2n) is 5.31. The summed E-state index contributed by atoms with van der Waals surface area (Å²) in [5, 5.41) is 3.50. The van der Waals surface area contributed by atoms with Crippen molar-refractivity contribution in [2.24, 2.45) is 0 Å². The van der Waals surface area contributed by atoms with Crippen LogP contribution in [0.4, 0.5) is 4.39 Å². The predicted octanol–water partition coefficient (Wildman–Crippen LogP) is 3.52. The van der Waals surface area contributed by atoms with Crippen molar-refractivity contribution in [3.05, 3.63) is 58.9 Å². The molecule has 1 N–H and O–H groups in total. The van der Waals surface area contributed by atoms with Crippen molar-refractivity contribution < 1.29 is 4.39 Å². The van der Waals surface area contributed by atoms with E-state index in [0.717, 1.165) is 42.0 Å². The number of halogens is 1. The van der Waals surface area contributed by atoms with E-state index in [-0.39, 0.29) is 11.9 Å². The molecule has 4 heteroatoms. The van der Waals surface area contributed by atoms with Gasteiger partial charge in [-0.15, -0.1) is 0 Å². The molecule has 3 nitrogen and oxygen atoms in total. The van der Waals surface area contributed by atoms with Gasteiger partial charge in [0.2, 0.25) is 0 Å². The van der Waals surface area contributed by atoms with Gasteiger partial charge < -0.3 is 5.32 Å². The first-order valence-corrected chi connectivity index (χ1v) is 7.38. The molecule has 0 saturated carbocycles. The van der Waals surface area contributed by atoms with Crippen molar-refractivity contribution in [2.45, 2.75) is 39.7 Å². The molecular formula is C17H22FN3. The molecule has 0 spiro atoms. The van der Waals surface area contributed by atoms with Crippen LogP contribution in [0.3, 0.4) is 0 Å². The largest absolute Gasteiger partial charge is 0.308 e. The first-order valence-electron chi connectivity index (χ1n) is 7.38. The van der Waals surface area contributed by atoms with Crippen molar-refractivity contribution in [2.75, 3.05) is 6.54 Å². The SMILES string of the molecule is CCCNC(Cc1cc(F)ccc1C)c1ccnc(C)n1. The van der Waals surface area contributed by atoms with Gasteiger partial charge in [-0.05, 0) is 62.6 Å². The zero-order valence-corrected chi connectivity index (χ0v) is 12.9. The highest BCUT2D eigenvalue weighted by atomic mass is 19.1. The molecule has 0 amide bonds. The van der Waals surface area contributed by atoms with Gasteiger partial charge in [0.25, 0.3) is 0 Å². The standard InChI is InChI=1S/C17H22FN3/c1-4-8-20-17(16-7-9-19-13(3)21-16)11-14-10-15(18)6-5-12(14)2/h5-7,9-10,17,20H,4,8,11H2,1-3H3. The number of rotatable bonds is 6. The van der Waals surface area contributed by atoms with Crippen molar-refractivity contribution >= 4 is 0 Å². The molecule has 112 valence electrons. The molecule has 0 aliphatic rings. The van der Waals surface area contributed by atoms with Crippen molar-refractivity contribution in [1.29, 1.82) is 0 Å². The highest BCUT2D eigenvalue weighted by Gasteiger charge is 2.15. The van der Waals surface area contributed by atoms with Gasteiger partial charge in [0.05, 0.1) is 11.7 Å². The number of benzene rings is 1. The van der Waals surface area contributed by atoms with E-state index in [1.54, 1.807) is 12.3 Å². The lowest BCUT2D eigenvalue weighted by atomic mass is 9.98. The Balaban J connectivity index is 2.25. The fraction of sp³-hybridized carbons (Fsp3) is 0.412. The fourth-order valence-electron chi connectivity index (χ4n) is 2.35. The summed E-state index contributed by atoms with van der Waals surface area (Å²) in [6.07, 6.45) is 3.54. The third-order valence-corrected chi connectivity index (χ3v) is 3.53. The van der Waals surface area contributed by atoms with Crippen LogP contribution in [-0.2, 0) is 6.42 Å². The van der Waals surface area contributed by atoms with E-state index in [9.17, 15) is 4.39 Å². The molecule has 0 fully saturated rings. The molecule has 1 atom stereocenters. The number of hydrogen-bond acceptors (Lipinski definition) is 3. The van der Waals surface area contributed by atoms with Gasteiger partial charge in [-0.2, -0.15) is 0 Å². The summed E-state index contributed by atoms with van der Waals surface area (Å²) in [5.41, 5.74) is 3.07. The second kappa shape index (κ2) is 7.27. The average Bonchev–Trinajstić information content (AvgIpc) is 2.47. The van der Waals surface area contributed by atoms with Gasteiger partial charge in [-0.25, -0.2) is 14.4 Å². The Morgan fingerprint density at radius 3 is 2.76 bits per heavy atom. The number of hydrogen-bond donors (Lipinski definition) is 1. The molecule has 2 rings (SSSR count). The smallest absolute Gasteiger partial charge is 0.125 e. The zero-order valence-electron chi connectivity index (χ0n) is 12.9.